The lowest BCUT2D eigenvalue weighted by atomic mass is 9.84. The molecule has 1 amide bonds. The second kappa shape index (κ2) is 9.21. The highest BCUT2D eigenvalue weighted by molar-refractivity contribution is 7.91. The molecule has 0 atom stereocenters. The summed E-state index contributed by atoms with van der Waals surface area (Å²) in [5.41, 5.74) is -0.406. The van der Waals surface area contributed by atoms with Crippen LogP contribution >= 0.6 is 0 Å². The Balaban J connectivity index is 1.90. The van der Waals surface area contributed by atoms with Gasteiger partial charge >= 0.3 is 0 Å². The van der Waals surface area contributed by atoms with Crippen LogP contribution in [0.2, 0.25) is 0 Å². The molecule has 1 aromatic rings. The number of aliphatic imine (C=N–C) groups is 1. The van der Waals surface area contributed by atoms with E-state index in [1.807, 2.05) is 0 Å². The number of guanidine groups is 1. The molecule has 0 radical (unpaired) electrons. The fourth-order valence-corrected chi connectivity index (χ4v) is 4.69. The van der Waals surface area contributed by atoms with Crippen molar-refractivity contribution in [1.82, 2.24) is 15.5 Å². The van der Waals surface area contributed by atoms with E-state index in [1.54, 1.807) is 56.4 Å². The predicted molar refractivity (Wildman–Crippen MR) is 107 cm³/mol. The van der Waals surface area contributed by atoms with Crippen molar-refractivity contribution in [3.63, 3.8) is 0 Å². The zero-order chi connectivity index (χ0) is 19.9. The van der Waals surface area contributed by atoms with Crippen LogP contribution in [0.5, 0.6) is 0 Å². The highest BCUT2D eigenvalue weighted by Gasteiger charge is 2.42. The average molecular weight is 395 g/mol. The third-order valence-electron chi connectivity index (χ3n) is 5.00. The lowest BCUT2D eigenvalue weighted by Crippen LogP contribution is -2.49. The zero-order valence-corrected chi connectivity index (χ0v) is 17.2. The smallest absolute Gasteiger partial charge is 0.230 e. The van der Waals surface area contributed by atoms with Crippen LogP contribution in [0.25, 0.3) is 0 Å². The number of nitrogens with zero attached hydrogens (tertiary/aromatic N) is 2. The molecule has 0 spiro atoms. The third kappa shape index (κ3) is 5.45. The molecule has 0 unspecified atom stereocenters. The zero-order valence-electron chi connectivity index (χ0n) is 16.4. The summed E-state index contributed by atoms with van der Waals surface area (Å²) in [4.78, 5) is 18.7. The fraction of sp³-hybridized carbons (Fsp3) is 0.579. The van der Waals surface area contributed by atoms with Crippen molar-refractivity contribution in [2.75, 3.05) is 40.0 Å². The minimum Gasteiger partial charge on any atom is -0.355 e. The van der Waals surface area contributed by atoms with Crippen LogP contribution in [0.3, 0.4) is 0 Å². The Bertz CT molecular complexity index is 754. The summed E-state index contributed by atoms with van der Waals surface area (Å²) in [5, 5.41) is 6.25. The van der Waals surface area contributed by atoms with Crippen molar-refractivity contribution in [3.8, 4) is 0 Å². The number of rotatable bonds is 7. The molecule has 1 aliphatic carbocycles. The highest BCUT2D eigenvalue weighted by atomic mass is 32.2. The number of sulfone groups is 1. The minimum absolute atomic E-state index is 0.0283. The first-order valence-corrected chi connectivity index (χ1v) is 10.9. The van der Waals surface area contributed by atoms with Crippen molar-refractivity contribution in [2.24, 2.45) is 10.4 Å². The van der Waals surface area contributed by atoms with Gasteiger partial charge in [0, 0.05) is 34.2 Å². The molecule has 2 rings (SSSR count). The van der Waals surface area contributed by atoms with Gasteiger partial charge in [-0.25, -0.2) is 8.42 Å². The Morgan fingerprint density at radius 3 is 2.33 bits per heavy atom. The van der Waals surface area contributed by atoms with Crippen molar-refractivity contribution in [1.29, 1.82) is 0 Å². The lowest BCUT2D eigenvalue weighted by molar-refractivity contribution is -0.138. The van der Waals surface area contributed by atoms with Crippen LogP contribution in [-0.4, -0.2) is 65.2 Å². The molecule has 150 valence electrons. The molecule has 0 aliphatic heterocycles. The first kappa shape index (κ1) is 21.2. The number of amides is 1. The van der Waals surface area contributed by atoms with Gasteiger partial charge < -0.3 is 15.5 Å². The summed E-state index contributed by atoms with van der Waals surface area (Å²) >= 11 is 0. The normalized spacial score (nSPS) is 16.8. The Morgan fingerprint density at radius 1 is 1.15 bits per heavy atom. The van der Waals surface area contributed by atoms with Gasteiger partial charge in [0.05, 0.1) is 16.1 Å². The van der Waals surface area contributed by atoms with Gasteiger partial charge in [0.15, 0.2) is 15.8 Å². The molecule has 1 aliphatic rings. The molecule has 0 bridgehead atoms. The van der Waals surface area contributed by atoms with Crippen LogP contribution in [-0.2, 0) is 14.6 Å². The second-order valence-electron chi connectivity index (χ2n) is 7.17. The van der Waals surface area contributed by atoms with Gasteiger partial charge in [-0.05, 0) is 25.0 Å². The van der Waals surface area contributed by atoms with E-state index in [0.717, 1.165) is 25.7 Å². The van der Waals surface area contributed by atoms with Crippen LogP contribution in [0, 0.1) is 5.41 Å². The maximum absolute atomic E-state index is 12.6. The number of benzene rings is 1. The van der Waals surface area contributed by atoms with Crippen LogP contribution in [0.1, 0.15) is 25.7 Å². The number of carbonyl (C=O) groups is 1. The monoisotopic (exact) mass is 394 g/mol. The van der Waals surface area contributed by atoms with Crippen LogP contribution < -0.4 is 10.6 Å². The van der Waals surface area contributed by atoms with E-state index >= 15 is 0 Å². The molecule has 0 heterocycles. The summed E-state index contributed by atoms with van der Waals surface area (Å²) in [6.07, 6.45) is 3.80. The Labute approximate surface area is 162 Å². The van der Waals surface area contributed by atoms with E-state index < -0.39 is 15.3 Å². The van der Waals surface area contributed by atoms with Crippen LogP contribution in [0.4, 0.5) is 0 Å². The number of hydrogen-bond acceptors (Lipinski definition) is 4. The Morgan fingerprint density at radius 2 is 1.78 bits per heavy atom. The molecule has 0 saturated heterocycles. The molecule has 1 aromatic carbocycles. The molecule has 2 N–H and O–H groups in total. The Hall–Kier alpha value is -2.09. The van der Waals surface area contributed by atoms with Crippen molar-refractivity contribution in [3.05, 3.63) is 30.3 Å². The van der Waals surface area contributed by atoms with Crippen LogP contribution in [0.15, 0.2) is 40.2 Å². The predicted octanol–water partition coefficient (Wildman–Crippen LogP) is 1.27. The molecule has 8 heteroatoms. The molecular weight excluding hydrogens is 364 g/mol. The van der Waals surface area contributed by atoms with Gasteiger partial charge in [0.25, 0.3) is 0 Å². The van der Waals surface area contributed by atoms with E-state index in [4.69, 9.17) is 0 Å². The van der Waals surface area contributed by atoms with Crippen molar-refractivity contribution < 1.29 is 13.2 Å². The molecule has 1 saturated carbocycles. The standard InChI is InChI=1S/C19H30N4O3S/c1-20-18(21-13-14-27(25,26)16-9-5-4-6-10-16)22-15-19(11-7-8-12-19)17(24)23(2)3/h4-6,9-10H,7-8,11-15H2,1-3H3,(H2,20,21,22). The summed E-state index contributed by atoms with van der Waals surface area (Å²) < 4.78 is 24.7. The van der Waals surface area contributed by atoms with Crippen molar-refractivity contribution in [2.45, 2.75) is 30.6 Å². The fourth-order valence-electron chi connectivity index (χ4n) is 3.52. The first-order chi connectivity index (χ1) is 12.8. The lowest BCUT2D eigenvalue weighted by Gasteiger charge is -2.31. The summed E-state index contributed by atoms with van der Waals surface area (Å²) in [5.74, 6) is 0.616. The summed E-state index contributed by atoms with van der Waals surface area (Å²) in [6.45, 7) is 0.737. The maximum atomic E-state index is 12.6. The first-order valence-electron chi connectivity index (χ1n) is 9.25. The molecule has 7 nitrogen and oxygen atoms in total. The SMILES string of the molecule is CN=C(NCCS(=O)(=O)c1ccccc1)NCC1(C(=O)N(C)C)CCCC1. The van der Waals surface area contributed by atoms with Gasteiger partial charge in [0.2, 0.25) is 5.91 Å². The molecule has 27 heavy (non-hydrogen) atoms. The van der Waals surface area contributed by atoms with Gasteiger partial charge in [-0.1, -0.05) is 31.0 Å². The van der Waals surface area contributed by atoms with E-state index in [2.05, 4.69) is 15.6 Å². The Kier molecular flexibility index (Phi) is 7.24. The van der Waals surface area contributed by atoms with Crippen molar-refractivity contribution >= 4 is 21.7 Å². The second-order valence-corrected chi connectivity index (χ2v) is 9.28. The molecular formula is C19H30N4O3S. The third-order valence-corrected chi connectivity index (χ3v) is 6.74. The van der Waals surface area contributed by atoms with E-state index in [0.29, 0.717) is 17.4 Å². The van der Waals surface area contributed by atoms with Gasteiger partial charge in [-0.15, -0.1) is 0 Å². The number of nitrogens with one attached hydrogen (secondary N) is 2. The van der Waals surface area contributed by atoms with E-state index in [1.165, 1.54) is 0 Å². The minimum atomic E-state index is -3.34. The summed E-state index contributed by atoms with van der Waals surface area (Å²) in [6, 6.07) is 8.41. The largest absolute Gasteiger partial charge is 0.355 e. The van der Waals surface area contributed by atoms with Gasteiger partial charge in [0.1, 0.15) is 0 Å². The van der Waals surface area contributed by atoms with E-state index in [-0.39, 0.29) is 18.2 Å². The number of carbonyl (C=O) groups excluding carboxylic acids is 1. The average Bonchev–Trinajstić information content (AvgIpc) is 3.14. The summed E-state index contributed by atoms with van der Waals surface area (Å²) in [7, 11) is 1.86. The molecule has 0 aromatic heterocycles. The molecule has 1 fully saturated rings. The van der Waals surface area contributed by atoms with Gasteiger partial charge in [-0.2, -0.15) is 0 Å². The quantitative estimate of drug-likeness (QED) is 0.537. The topological polar surface area (TPSA) is 90.9 Å². The number of hydrogen-bond donors (Lipinski definition) is 2. The maximum Gasteiger partial charge on any atom is 0.230 e. The highest BCUT2D eigenvalue weighted by Crippen LogP contribution is 2.38. The van der Waals surface area contributed by atoms with Gasteiger partial charge in [-0.3, -0.25) is 9.79 Å². The van der Waals surface area contributed by atoms with E-state index in [9.17, 15) is 13.2 Å².